The Hall–Kier alpha value is -3.41. The maximum Gasteiger partial charge on any atom is 0.319 e. The van der Waals surface area contributed by atoms with Crippen LogP contribution >= 0.6 is 0 Å². The third kappa shape index (κ3) is 4.65. The van der Waals surface area contributed by atoms with E-state index in [-0.39, 0.29) is 17.8 Å². The first kappa shape index (κ1) is 19.4. The zero-order chi connectivity index (χ0) is 19.8. The average molecular weight is 377 g/mol. The molecule has 0 spiro atoms. The molecule has 0 aliphatic carbocycles. The van der Waals surface area contributed by atoms with Crippen molar-refractivity contribution in [2.24, 2.45) is 0 Å². The van der Waals surface area contributed by atoms with E-state index in [1.54, 1.807) is 0 Å². The van der Waals surface area contributed by atoms with E-state index < -0.39 is 5.92 Å². The highest BCUT2D eigenvalue weighted by molar-refractivity contribution is 5.98. The van der Waals surface area contributed by atoms with Gasteiger partial charge in [-0.25, -0.2) is 4.98 Å². The van der Waals surface area contributed by atoms with Gasteiger partial charge < -0.3 is 14.8 Å². The lowest BCUT2D eigenvalue weighted by molar-refractivity contribution is -0.116. The van der Waals surface area contributed by atoms with E-state index in [1.807, 2.05) is 74.5 Å². The number of anilines is 1. The lowest BCUT2D eigenvalue weighted by atomic mass is 9.90. The molecule has 28 heavy (non-hydrogen) atoms. The maximum atomic E-state index is 13.2. The second-order valence-corrected chi connectivity index (χ2v) is 5.98. The topological polar surface area (TPSA) is 73.3 Å². The Morgan fingerprint density at radius 2 is 1.50 bits per heavy atom. The molecule has 0 fully saturated rings. The van der Waals surface area contributed by atoms with E-state index in [0.29, 0.717) is 18.9 Å². The normalized spacial score (nSPS) is 10.5. The highest BCUT2D eigenvalue weighted by Crippen LogP contribution is 2.29. The molecule has 0 unspecified atom stereocenters. The van der Waals surface area contributed by atoms with Crippen LogP contribution in [0.1, 0.15) is 30.9 Å². The van der Waals surface area contributed by atoms with Gasteiger partial charge in [0.05, 0.1) is 25.3 Å². The van der Waals surface area contributed by atoms with Gasteiger partial charge in [0.25, 0.3) is 0 Å². The molecule has 1 aromatic heterocycles. The fourth-order valence-electron chi connectivity index (χ4n) is 2.87. The average Bonchev–Trinajstić information content (AvgIpc) is 2.72. The summed E-state index contributed by atoms with van der Waals surface area (Å²) in [4.78, 5) is 21.6. The Kier molecular flexibility index (Phi) is 6.57. The smallest absolute Gasteiger partial charge is 0.319 e. The number of rotatable bonds is 8. The number of aromatic nitrogens is 2. The number of amides is 1. The van der Waals surface area contributed by atoms with Crippen molar-refractivity contribution in [3.8, 4) is 11.9 Å². The predicted molar refractivity (Wildman–Crippen MR) is 108 cm³/mol. The summed E-state index contributed by atoms with van der Waals surface area (Å²) >= 11 is 0. The standard InChI is InChI=1S/C22H23N3O3/c1-3-27-21-18(15-23-22(25-21)28-4-2)24-20(26)19(16-11-7-5-8-12-16)17-13-9-6-10-14-17/h5-15,19H,3-4H2,1-2H3,(H,24,26). The third-order valence-electron chi connectivity index (χ3n) is 4.07. The molecule has 1 heterocycles. The molecule has 0 aliphatic rings. The summed E-state index contributed by atoms with van der Waals surface area (Å²) < 4.78 is 10.9. The molecule has 2 aromatic carbocycles. The number of ether oxygens (including phenoxy) is 2. The molecular weight excluding hydrogens is 354 g/mol. The summed E-state index contributed by atoms with van der Waals surface area (Å²) in [5.74, 6) is -0.372. The molecule has 1 amide bonds. The number of carbonyl (C=O) groups excluding carboxylic acids is 1. The van der Waals surface area contributed by atoms with Gasteiger partial charge in [-0.05, 0) is 25.0 Å². The first-order chi connectivity index (χ1) is 13.7. The first-order valence-electron chi connectivity index (χ1n) is 9.26. The number of hydrogen-bond acceptors (Lipinski definition) is 5. The Bertz CT molecular complexity index is 862. The minimum Gasteiger partial charge on any atom is -0.476 e. The van der Waals surface area contributed by atoms with Crippen LogP contribution in [0.25, 0.3) is 0 Å². The van der Waals surface area contributed by atoms with Crippen LogP contribution in [0.2, 0.25) is 0 Å². The summed E-state index contributed by atoms with van der Waals surface area (Å²) in [6.45, 7) is 4.56. The van der Waals surface area contributed by atoms with Crippen molar-refractivity contribution in [1.82, 2.24) is 9.97 Å². The van der Waals surface area contributed by atoms with E-state index in [0.717, 1.165) is 11.1 Å². The maximum absolute atomic E-state index is 13.2. The lowest BCUT2D eigenvalue weighted by Gasteiger charge is -2.19. The van der Waals surface area contributed by atoms with Gasteiger partial charge in [0.2, 0.25) is 11.8 Å². The van der Waals surface area contributed by atoms with E-state index in [4.69, 9.17) is 9.47 Å². The van der Waals surface area contributed by atoms with Gasteiger partial charge in [-0.3, -0.25) is 4.79 Å². The van der Waals surface area contributed by atoms with Crippen LogP contribution in [-0.2, 0) is 4.79 Å². The summed E-state index contributed by atoms with van der Waals surface area (Å²) in [7, 11) is 0. The van der Waals surface area contributed by atoms with Crippen molar-refractivity contribution in [2.45, 2.75) is 19.8 Å². The van der Waals surface area contributed by atoms with Crippen LogP contribution in [-0.4, -0.2) is 29.1 Å². The van der Waals surface area contributed by atoms with E-state index in [2.05, 4.69) is 15.3 Å². The van der Waals surface area contributed by atoms with E-state index in [1.165, 1.54) is 6.20 Å². The summed E-state index contributed by atoms with van der Waals surface area (Å²) in [5, 5.41) is 2.92. The molecule has 6 heteroatoms. The van der Waals surface area contributed by atoms with Crippen molar-refractivity contribution < 1.29 is 14.3 Å². The predicted octanol–water partition coefficient (Wildman–Crippen LogP) is 4.04. The fraction of sp³-hybridized carbons (Fsp3) is 0.227. The molecular formula is C22H23N3O3. The van der Waals surface area contributed by atoms with Crippen molar-refractivity contribution >= 4 is 11.6 Å². The van der Waals surface area contributed by atoms with E-state index in [9.17, 15) is 4.79 Å². The van der Waals surface area contributed by atoms with E-state index >= 15 is 0 Å². The number of nitrogens with zero attached hydrogens (tertiary/aromatic N) is 2. The first-order valence-corrected chi connectivity index (χ1v) is 9.26. The van der Waals surface area contributed by atoms with Crippen LogP contribution < -0.4 is 14.8 Å². The zero-order valence-electron chi connectivity index (χ0n) is 16.0. The molecule has 144 valence electrons. The highest BCUT2D eigenvalue weighted by Gasteiger charge is 2.24. The Balaban J connectivity index is 1.92. The molecule has 6 nitrogen and oxygen atoms in total. The summed E-state index contributed by atoms with van der Waals surface area (Å²) in [5.41, 5.74) is 2.21. The second-order valence-electron chi connectivity index (χ2n) is 5.98. The molecule has 0 saturated heterocycles. The Morgan fingerprint density at radius 3 is 2.04 bits per heavy atom. The number of carbonyl (C=O) groups is 1. The van der Waals surface area contributed by atoms with Gasteiger partial charge in [0.15, 0.2) is 0 Å². The van der Waals surface area contributed by atoms with Crippen molar-refractivity contribution in [2.75, 3.05) is 18.5 Å². The molecule has 3 aromatic rings. The van der Waals surface area contributed by atoms with Gasteiger partial charge in [-0.1, -0.05) is 60.7 Å². The van der Waals surface area contributed by atoms with Crippen LogP contribution in [0.3, 0.4) is 0 Å². The Morgan fingerprint density at radius 1 is 0.929 bits per heavy atom. The highest BCUT2D eigenvalue weighted by atomic mass is 16.5. The fourth-order valence-corrected chi connectivity index (χ4v) is 2.87. The molecule has 0 saturated carbocycles. The minimum atomic E-state index is -0.469. The van der Waals surface area contributed by atoms with Crippen LogP contribution in [0, 0.1) is 0 Å². The molecule has 1 N–H and O–H groups in total. The van der Waals surface area contributed by atoms with Crippen LogP contribution in [0.4, 0.5) is 5.69 Å². The van der Waals surface area contributed by atoms with Crippen molar-refractivity contribution in [3.05, 3.63) is 78.0 Å². The SMILES string of the molecule is CCOc1ncc(NC(=O)C(c2ccccc2)c2ccccc2)c(OCC)n1. The van der Waals surface area contributed by atoms with Crippen molar-refractivity contribution in [3.63, 3.8) is 0 Å². The Labute approximate surface area is 164 Å². The molecule has 0 bridgehead atoms. The monoisotopic (exact) mass is 377 g/mol. The summed E-state index contributed by atoms with van der Waals surface area (Å²) in [6.07, 6.45) is 1.51. The second kappa shape index (κ2) is 9.50. The zero-order valence-corrected chi connectivity index (χ0v) is 16.0. The number of hydrogen-bond donors (Lipinski definition) is 1. The van der Waals surface area contributed by atoms with Crippen LogP contribution in [0.15, 0.2) is 66.9 Å². The number of nitrogens with one attached hydrogen (secondary N) is 1. The van der Waals surface area contributed by atoms with Gasteiger partial charge in [-0.2, -0.15) is 4.98 Å². The van der Waals surface area contributed by atoms with Crippen molar-refractivity contribution in [1.29, 1.82) is 0 Å². The van der Waals surface area contributed by atoms with Gasteiger partial charge in [-0.15, -0.1) is 0 Å². The largest absolute Gasteiger partial charge is 0.476 e. The molecule has 3 rings (SSSR count). The van der Waals surface area contributed by atoms with Gasteiger partial charge >= 0.3 is 6.01 Å². The van der Waals surface area contributed by atoms with Gasteiger partial charge in [0.1, 0.15) is 5.69 Å². The molecule has 0 radical (unpaired) electrons. The number of benzene rings is 2. The minimum absolute atomic E-state index is 0.189. The quantitative estimate of drug-likeness (QED) is 0.641. The molecule has 0 aliphatic heterocycles. The van der Waals surface area contributed by atoms with Crippen LogP contribution in [0.5, 0.6) is 11.9 Å². The lowest BCUT2D eigenvalue weighted by Crippen LogP contribution is -2.23. The third-order valence-corrected chi connectivity index (χ3v) is 4.07. The summed E-state index contributed by atoms with van der Waals surface area (Å²) in [6, 6.07) is 19.5. The molecule has 0 atom stereocenters. The van der Waals surface area contributed by atoms with Gasteiger partial charge in [0, 0.05) is 0 Å².